The van der Waals surface area contributed by atoms with Gasteiger partial charge in [0.05, 0.1) is 22.8 Å². The Kier molecular flexibility index (Phi) is 7.02. The number of ether oxygens (including phenoxy) is 2. The molecule has 0 aliphatic carbocycles. The largest absolute Gasteiger partial charge is 0.462 e. The van der Waals surface area contributed by atoms with Gasteiger partial charge in [0.15, 0.2) is 0 Å². The maximum absolute atomic E-state index is 12.3. The third-order valence-electron chi connectivity index (χ3n) is 3.60. The van der Waals surface area contributed by atoms with E-state index in [0.717, 1.165) is 24.8 Å². The van der Waals surface area contributed by atoms with Crippen LogP contribution in [0.2, 0.25) is 5.02 Å². The lowest BCUT2D eigenvalue weighted by Crippen LogP contribution is -2.11. The van der Waals surface area contributed by atoms with Crippen molar-refractivity contribution in [1.29, 1.82) is 0 Å². The van der Waals surface area contributed by atoms with E-state index >= 15 is 0 Å². The molecule has 4 nitrogen and oxygen atoms in total. The third kappa shape index (κ3) is 5.61. The predicted octanol–water partition coefficient (Wildman–Crippen LogP) is 5.21. The van der Waals surface area contributed by atoms with Gasteiger partial charge < -0.3 is 9.47 Å². The average molecular weight is 361 g/mol. The summed E-state index contributed by atoms with van der Waals surface area (Å²) in [6.45, 7) is 4.33. The molecule has 0 N–H and O–H groups in total. The quantitative estimate of drug-likeness (QED) is 0.386. The highest BCUT2D eigenvalue weighted by molar-refractivity contribution is 6.32. The second-order valence-corrected chi connectivity index (χ2v) is 6.15. The normalized spacial score (nSPS) is 10.4. The molecule has 25 heavy (non-hydrogen) atoms. The van der Waals surface area contributed by atoms with E-state index in [-0.39, 0.29) is 5.56 Å². The maximum atomic E-state index is 12.3. The molecule has 2 aromatic carbocycles. The van der Waals surface area contributed by atoms with Crippen LogP contribution in [0.15, 0.2) is 42.5 Å². The molecule has 0 aliphatic heterocycles. The minimum atomic E-state index is -0.576. The fourth-order valence-corrected chi connectivity index (χ4v) is 2.38. The molecule has 0 unspecified atom stereocenters. The molecule has 0 heterocycles. The molecule has 0 aromatic heterocycles. The van der Waals surface area contributed by atoms with Crippen molar-refractivity contribution in [2.75, 3.05) is 6.61 Å². The third-order valence-corrected chi connectivity index (χ3v) is 3.92. The van der Waals surface area contributed by atoms with E-state index in [2.05, 4.69) is 6.92 Å². The summed E-state index contributed by atoms with van der Waals surface area (Å²) in [6.07, 6.45) is 2.90. The molecule has 5 heteroatoms. The molecular weight excluding hydrogens is 340 g/mol. The predicted molar refractivity (Wildman–Crippen MR) is 97.4 cm³/mol. The summed E-state index contributed by atoms with van der Waals surface area (Å²) in [5.74, 6) is -0.730. The summed E-state index contributed by atoms with van der Waals surface area (Å²) in [5.41, 5.74) is 1.51. The van der Waals surface area contributed by atoms with Crippen molar-refractivity contribution in [3.05, 3.63) is 64.2 Å². The van der Waals surface area contributed by atoms with Gasteiger partial charge in [0.1, 0.15) is 5.75 Å². The molecule has 0 atom stereocenters. The first-order valence-electron chi connectivity index (χ1n) is 8.26. The van der Waals surface area contributed by atoms with Crippen LogP contribution in [0, 0.1) is 6.92 Å². The van der Waals surface area contributed by atoms with Gasteiger partial charge in [-0.2, -0.15) is 0 Å². The van der Waals surface area contributed by atoms with E-state index in [0.29, 0.717) is 22.9 Å². The zero-order valence-corrected chi connectivity index (χ0v) is 15.1. The Hall–Kier alpha value is -2.33. The molecule has 2 aromatic rings. The van der Waals surface area contributed by atoms with Crippen LogP contribution in [0.1, 0.15) is 52.5 Å². The number of esters is 2. The van der Waals surface area contributed by atoms with E-state index in [1.807, 2.05) is 13.0 Å². The van der Waals surface area contributed by atoms with Crippen molar-refractivity contribution < 1.29 is 19.1 Å². The van der Waals surface area contributed by atoms with Crippen molar-refractivity contribution in [1.82, 2.24) is 0 Å². The smallest absolute Gasteiger partial charge is 0.343 e. The highest BCUT2D eigenvalue weighted by Gasteiger charge is 2.14. The molecule has 2 rings (SSSR count). The van der Waals surface area contributed by atoms with Gasteiger partial charge in [-0.1, -0.05) is 43.5 Å². The zero-order chi connectivity index (χ0) is 18.2. The van der Waals surface area contributed by atoms with Gasteiger partial charge in [-0.3, -0.25) is 0 Å². The van der Waals surface area contributed by atoms with Gasteiger partial charge in [0, 0.05) is 0 Å². The number of aryl methyl sites for hydroxylation is 1. The van der Waals surface area contributed by atoms with Crippen LogP contribution in [0.3, 0.4) is 0 Å². The van der Waals surface area contributed by atoms with E-state index in [1.165, 1.54) is 6.07 Å². The van der Waals surface area contributed by atoms with Crippen LogP contribution in [-0.2, 0) is 4.74 Å². The van der Waals surface area contributed by atoms with Gasteiger partial charge >= 0.3 is 11.9 Å². The van der Waals surface area contributed by atoms with Crippen LogP contribution >= 0.6 is 11.6 Å². The number of rotatable bonds is 7. The first kappa shape index (κ1) is 19.0. The molecular formula is C20H21ClO4. The summed E-state index contributed by atoms with van der Waals surface area (Å²) in [7, 11) is 0. The molecule has 0 aliphatic rings. The fraction of sp³-hybridized carbons (Fsp3) is 0.300. The van der Waals surface area contributed by atoms with Gasteiger partial charge in [-0.15, -0.1) is 0 Å². The highest BCUT2D eigenvalue weighted by Crippen LogP contribution is 2.26. The van der Waals surface area contributed by atoms with E-state index in [1.54, 1.807) is 30.3 Å². The molecule has 0 spiro atoms. The minimum Gasteiger partial charge on any atom is -0.462 e. The topological polar surface area (TPSA) is 52.6 Å². The molecule has 0 saturated heterocycles. The van der Waals surface area contributed by atoms with Gasteiger partial charge in [-0.25, -0.2) is 9.59 Å². The number of benzene rings is 2. The summed E-state index contributed by atoms with van der Waals surface area (Å²) in [6, 6.07) is 11.5. The Morgan fingerprint density at radius 1 is 1.00 bits per heavy atom. The molecule has 0 bridgehead atoms. The van der Waals surface area contributed by atoms with E-state index in [4.69, 9.17) is 21.1 Å². The fourth-order valence-electron chi connectivity index (χ4n) is 2.22. The summed E-state index contributed by atoms with van der Waals surface area (Å²) < 4.78 is 10.5. The van der Waals surface area contributed by atoms with Crippen molar-refractivity contribution in [2.24, 2.45) is 0 Å². The Bertz CT molecular complexity index is 755. The van der Waals surface area contributed by atoms with Gasteiger partial charge in [-0.05, 0) is 49.2 Å². The number of carbonyl (C=O) groups excluding carboxylic acids is 2. The SMILES string of the molecule is CCCCCOC(=O)c1cccc(C(=O)Oc2cc(C)ccc2Cl)c1. The van der Waals surface area contributed by atoms with Gasteiger partial charge in [0.25, 0.3) is 0 Å². The zero-order valence-electron chi connectivity index (χ0n) is 14.4. The van der Waals surface area contributed by atoms with Crippen molar-refractivity contribution >= 4 is 23.5 Å². The first-order valence-corrected chi connectivity index (χ1v) is 8.64. The monoisotopic (exact) mass is 360 g/mol. The molecule has 0 fully saturated rings. The lowest BCUT2D eigenvalue weighted by molar-refractivity contribution is 0.0498. The minimum absolute atomic E-state index is 0.264. The number of halogens is 1. The Morgan fingerprint density at radius 3 is 2.44 bits per heavy atom. The number of unbranched alkanes of at least 4 members (excludes halogenated alkanes) is 2. The van der Waals surface area contributed by atoms with E-state index < -0.39 is 11.9 Å². The van der Waals surface area contributed by atoms with Crippen LogP contribution < -0.4 is 4.74 Å². The van der Waals surface area contributed by atoms with Gasteiger partial charge in [0.2, 0.25) is 0 Å². The highest BCUT2D eigenvalue weighted by atomic mass is 35.5. The lowest BCUT2D eigenvalue weighted by atomic mass is 10.1. The maximum Gasteiger partial charge on any atom is 0.343 e. The Labute approximate surface area is 152 Å². The second-order valence-electron chi connectivity index (χ2n) is 5.75. The van der Waals surface area contributed by atoms with Crippen LogP contribution in [0.25, 0.3) is 0 Å². The standard InChI is InChI=1S/C20H21ClO4/c1-3-4-5-11-24-19(22)15-7-6-8-16(13-15)20(23)25-18-12-14(2)9-10-17(18)21/h6-10,12-13H,3-5,11H2,1-2H3. The summed E-state index contributed by atoms with van der Waals surface area (Å²) in [4.78, 5) is 24.4. The molecule has 0 radical (unpaired) electrons. The number of carbonyl (C=O) groups is 2. The summed E-state index contributed by atoms with van der Waals surface area (Å²) >= 11 is 6.04. The molecule has 132 valence electrons. The second kappa shape index (κ2) is 9.23. The van der Waals surface area contributed by atoms with Crippen molar-refractivity contribution in [2.45, 2.75) is 33.1 Å². The molecule has 0 amide bonds. The van der Waals surface area contributed by atoms with E-state index in [9.17, 15) is 9.59 Å². The number of hydrogen-bond donors (Lipinski definition) is 0. The van der Waals surface area contributed by atoms with Crippen molar-refractivity contribution in [3.8, 4) is 5.75 Å². The number of hydrogen-bond acceptors (Lipinski definition) is 4. The lowest BCUT2D eigenvalue weighted by Gasteiger charge is -2.08. The Balaban J connectivity index is 2.05. The van der Waals surface area contributed by atoms with Crippen LogP contribution in [0.4, 0.5) is 0 Å². The van der Waals surface area contributed by atoms with Crippen LogP contribution in [0.5, 0.6) is 5.75 Å². The Morgan fingerprint density at radius 2 is 1.72 bits per heavy atom. The average Bonchev–Trinajstić information content (AvgIpc) is 2.61. The molecule has 0 saturated carbocycles. The van der Waals surface area contributed by atoms with Crippen LogP contribution in [-0.4, -0.2) is 18.5 Å². The summed E-state index contributed by atoms with van der Waals surface area (Å²) in [5, 5.41) is 0.352. The first-order chi connectivity index (χ1) is 12.0. The van der Waals surface area contributed by atoms with Crippen molar-refractivity contribution in [3.63, 3.8) is 0 Å².